The number of nitrogens with zero attached hydrogens (tertiary/aromatic N) is 1. The highest BCUT2D eigenvalue weighted by atomic mass is 35.5. The predicted octanol–water partition coefficient (Wildman–Crippen LogP) is 1.30. The molecule has 0 bridgehead atoms. The van der Waals surface area contributed by atoms with Gasteiger partial charge >= 0.3 is 5.97 Å². The number of carboxylic acids is 1. The molecule has 0 fully saturated rings. The number of carbonyl (C=O) groups excluding carboxylic acids is 1. The smallest absolute Gasteiger partial charge is 0.317 e. The average molecular weight is 287 g/mol. The van der Waals surface area contributed by atoms with Crippen LogP contribution in [0.15, 0.2) is 18.2 Å². The van der Waals surface area contributed by atoms with E-state index in [9.17, 15) is 9.59 Å². The fraction of sp³-hybridized carbons (Fsp3) is 0.333. The SMILES string of the molecule is COc1ccc(NC(=O)CN(C)CC(=O)O)cc1Cl. The van der Waals surface area contributed by atoms with Gasteiger partial charge in [0.1, 0.15) is 5.75 Å². The minimum absolute atomic E-state index is 0.0179. The Labute approximate surface area is 115 Å². The van der Waals surface area contributed by atoms with Crippen molar-refractivity contribution in [1.82, 2.24) is 4.90 Å². The standard InChI is InChI=1S/C12H15ClN2O4/c1-15(7-12(17)18)6-11(16)14-8-3-4-10(19-2)9(13)5-8/h3-5H,6-7H2,1-2H3,(H,14,16)(H,17,18). The summed E-state index contributed by atoms with van der Waals surface area (Å²) in [5.74, 6) is -0.782. The van der Waals surface area contributed by atoms with Crippen LogP contribution >= 0.6 is 11.6 Å². The number of likely N-dealkylation sites (N-methyl/N-ethyl adjacent to an activating group) is 1. The van der Waals surface area contributed by atoms with E-state index >= 15 is 0 Å². The quantitative estimate of drug-likeness (QED) is 0.824. The lowest BCUT2D eigenvalue weighted by Gasteiger charge is -2.14. The van der Waals surface area contributed by atoms with Gasteiger partial charge in [0.15, 0.2) is 0 Å². The summed E-state index contributed by atoms with van der Waals surface area (Å²) in [6, 6.07) is 4.86. The molecule has 0 atom stereocenters. The first-order valence-corrected chi connectivity index (χ1v) is 5.84. The first-order chi connectivity index (χ1) is 8.92. The molecule has 1 rings (SSSR count). The molecule has 0 spiro atoms. The highest BCUT2D eigenvalue weighted by molar-refractivity contribution is 6.32. The molecule has 104 valence electrons. The van der Waals surface area contributed by atoms with Crippen LogP contribution in [0.5, 0.6) is 5.75 Å². The molecular formula is C12H15ClN2O4. The van der Waals surface area contributed by atoms with Gasteiger partial charge in [-0.3, -0.25) is 14.5 Å². The van der Waals surface area contributed by atoms with E-state index in [0.29, 0.717) is 16.5 Å². The second kappa shape index (κ2) is 6.96. The molecule has 19 heavy (non-hydrogen) atoms. The molecule has 1 amide bonds. The summed E-state index contributed by atoms with van der Waals surface area (Å²) in [4.78, 5) is 23.5. The number of carbonyl (C=O) groups is 2. The number of amides is 1. The second-order valence-electron chi connectivity index (χ2n) is 3.96. The molecule has 0 aliphatic carbocycles. The Morgan fingerprint density at radius 1 is 1.42 bits per heavy atom. The van der Waals surface area contributed by atoms with Crippen molar-refractivity contribution in [2.75, 3.05) is 32.6 Å². The van der Waals surface area contributed by atoms with Crippen LogP contribution in [0.1, 0.15) is 0 Å². The molecule has 0 aromatic heterocycles. The Balaban J connectivity index is 2.57. The fourth-order valence-corrected chi connectivity index (χ4v) is 1.73. The van der Waals surface area contributed by atoms with Crippen LogP contribution in [-0.4, -0.2) is 49.1 Å². The van der Waals surface area contributed by atoms with E-state index in [1.165, 1.54) is 12.0 Å². The Morgan fingerprint density at radius 2 is 2.11 bits per heavy atom. The van der Waals surface area contributed by atoms with E-state index in [-0.39, 0.29) is 19.0 Å². The van der Waals surface area contributed by atoms with Crippen molar-refractivity contribution < 1.29 is 19.4 Å². The molecule has 0 heterocycles. The van der Waals surface area contributed by atoms with Crippen LogP contribution in [-0.2, 0) is 9.59 Å². The number of ether oxygens (including phenoxy) is 1. The van der Waals surface area contributed by atoms with Gasteiger partial charge in [-0.05, 0) is 25.2 Å². The molecule has 0 aliphatic rings. The molecule has 0 saturated carbocycles. The van der Waals surface area contributed by atoms with Crippen molar-refractivity contribution >= 4 is 29.2 Å². The average Bonchev–Trinajstić information content (AvgIpc) is 2.27. The second-order valence-corrected chi connectivity index (χ2v) is 4.37. The summed E-state index contributed by atoms with van der Waals surface area (Å²) in [6.45, 7) is -0.216. The van der Waals surface area contributed by atoms with E-state index < -0.39 is 5.97 Å². The number of hydrogen-bond acceptors (Lipinski definition) is 4. The fourth-order valence-electron chi connectivity index (χ4n) is 1.48. The number of aliphatic carboxylic acids is 1. The van der Waals surface area contributed by atoms with Gasteiger partial charge in [-0.25, -0.2) is 0 Å². The molecule has 1 aromatic carbocycles. The van der Waals surface area contributed by atoms with Crippen LogP contribution < -0.4 is 10.1 Å². The Kier molecular flexibility index (Phi) is 5.59. The van der Waals surface area contributed by atoms with Crippen LogP contribution in [0.4, 0.5) is 5.69 Å². The van der Waals surface area contributed by atoms with Crippen molar-refractivity contribution in [2.45, 2.75) is 0 Å². The summed E-state index contributed by atoms with van der Waals surface area (Å²) in [5, 5.41) is 11.6. The number of rotatable bonds is 6. The monoisotopic (exact) mass is 286 g/mol. The molecule has 0 saturated heterocycles. The Hall–Kier alpha value is -1.79. The number of carboxylic acid groups (broad SMARTS) is 1. The van der Waals surface area contributed by atoms with Gasteiger partial charge < -0.3 is 15.2 Å². The lowest BCUT2D eigenvalue weighted by atomic mass is 10.3. The Morgan fingerprint density at radius 3 is 2.63 bits per heavy atom. The van der Waals surface area contributed by atoms with Crippen molar-refractivity contribution in [3.05, 3.63) is 23.2 Å². The van der Waals surface area contributed by atoms with Gasteiger partial charge in [0.2, 0.25) is 5.91 Å². The number of methoxy groups -OCH3 is 1. The minimum atomic E-state index is -0.984. The Bertz CT molecular complexity index is 479. The summed E-state index contributed by atoms with van der Waals surface area (Å²) >= 11 is 5.92. The zero-order valence-electron chi connectivity index (χ0n) is 10.6. The van der Waals surface area contributed by atoms with Gasteiger partial charge in [-0.2, -0.15) is 0 Å². The summed E-state index contributed by atoms with van der Waals surface area (Å²) in [7, 11) is 3.05. The van der Waals surface area contributed by atoms with Crippen LogP contribution in [0.3, 0.4) is 0 Å². The summed E-state index contributed by atoms with van der Waals surface area (Å²) in [6.07, 6.45) is 0. The lowest BCUT2D eigenvalue weighted by Crippen LogP contribution is -2.33. The van der Waals surface area contributed by atoms with Crippen molar-refractivity contribution in [3.63, 3.8) is 0 Å². The maximum Gasteiger partial charge on any atom is 0.317 e. The molecule has 7 heteroatoms. The number of nitrogens with one attached hydrogen (secondary N) is 1. The van der Waals surface area contributed by atoms with Gasteiger partial charge in [0.25, 0.3) is 0 Å². The maximum absolute atomic E-state index is 11.7. The summed E-state index contributed by atoms with van der Waals surface area (Å²) in [5.41, 5.74) is 0.527. The molecule has 0 aliphatic heterocycles. The molecular weight excluding hydrogens is 272 g/mol. The molecule has 0 unspecified atom stereocenters. The maximum atomic E-state index is 11.7. The van der Waals surface area contributed by atoms with E-state index in [4.69, 9.17) is 21.4 Å². The number of benzene rings is 1. The van der Waals surface area contributed by atoms with Gasteiger partial charge in [0, 0.05) is 5.69 Å². The summed E-state index contributed by atoms with van der Waals surface area (Å²) < 4.78 is 5.00. The number of anilines is 1. The van der Waals surface area contributed by atoms with E-state index in [0.717, 1.165) is 0 Å². The highest BCUT2D eigenvalue weighted by Crippen LogP contribution is 2.27. The molecule has 0 radical (unpaired) electrons. The molecule has 6 nitrogen and oxygen atoms in total. The van der Waals surface area contributed by atoms with E-state index in [1.54, 1.807) is 25.2 Å². The van der Waals surface area contributed by atoms with Gasteiger partial charge in [-0.1, -0.05) is 11.6 Å². The largest absolute Gasteiger partial charge is 0.495 e. The highest BCUT2D eigenvalue weighted by Gasteiger charge is 2.10. The minimum Gasteiger partial charge on any atom is -0.495 e. The number of hydrogen-bond donors (Lipinski definition) is 2. The third-order valence-electron chi connectivity index (χ3n) is 2.25. The predicted molar refractivity (Wildman–Crippen MR) is 71.8 cm³/mol. The van der Waals surface area contributed by atoms with Gasteiger partial charge in [0.05, 0.1) is 25.2 Å². The third-order valence-corrected chi connectivity index (χ3v) is 2.55. The third kappa shape index (κ3) is 5.15. The first kappa shape index (κ1) is 15.3. The zero-order chi connectivity index (χ0) is 14.4. The van der Waals surface area contributed by atoms with Gasteiger partial charge in [-0.15, -0.1) is 0 Å². The zero-order valence-corrected chi connectivity index (χ0v) is 11.4. The van der Waals surface area contributed by atoms with Crippen molar-refractivity contribution in [1.29, 1.82) is 0 Å². The molecule has 1 aromatic rings. The van der Waals surface area contributed by atoms with Crippen LogP contribution in [0.25, 0.3) is 0 Å². The van der Waals surface area contributed by atoms with Crippen LogP contribution in [0, 0.1) is 0 Å². The normalized spacial score (nSPS) is 10.3. The number of halogens is 1. The topological polar surface area (TPSA) is 78.9 Å². The van der Waals surface area contributed by atoms with Crippen molar-refractivity contribution in [3.8, 4) is 5.75 Å². The van der Waals surface area contributed by atoms with E-state index in [1.807, 2.05) is 0 Å². The van der Waals surface area contributed by atoms with Crippen LogP contribution in [0.2, 0.25) is 5.02 Å². The lowest BCUT2D eigenvalue weighted by molar-refractivity contribution is -0.138. The first-order valence-electron chi connectivity index (χ1n) is 5.46. The van der Waals surface area contributed by atoms with E-state index in [2.05, 4.69) is 5.32 Å². The van der Waals surface area contributed by atoms with Crippen molar-refractivity contribution in [2.24, 2.45) is 0 Å². The molecule has 2 N–H and O–H groups in total.